The molecule has 20 heavy (non-hydrogen) atoms. The van der Waals surface area contributed by atoms with E-state index in [0.717, 1.165) is 18.4 Å². The fourth-order valence-electron chi connectivity index (χ4n) is 3.63. The molecule has 2 heterocycles. The van der Waals surface area contributed by atoms with Gasteiger partial charge in [0, 0.05) is 10.5 Å². The normalized spacial score (nSPS) is 34.0. The summed E-state index contributed by atoms with van der Waals surface area (Å²) in [5.41, 5.74) is 2.07. The molecule has 2 heteroatoms. The number of thioether (sulfide) groups is 1. The molecule has 0 saturated carbocycles. The van der Waals surface area contributed by atoms with Crippen molar-refractivity contribution in [2.75, 3.05) is 0 Å². The lowest BCUT2D eigenvalue weighted by Crippen LogP contribution is -2.40. The van der Waals surface area contributed by atoms with E-state index in [4.69, 9.17) is 0 Å². The quantitative estimate of drug-likeness (QED) is 0.814. The van der Waals surface area contributed by atoms with E-state index in [9.17, 15) is 5.11 Å². The first-order valence-corrected chi connectivity index (χ1v) is 8.80. The van der Waals surface area contributed by atoms with Crippen LogP contribution in [-0.2, 0) is 11.0 Å². The molecule has 110 valence electrons. The first-order chi connectivity index (χ1) is 9.37. The molecule has 2 saturated heterocycles. The van der Waals surface area contributed by atoms with Crippen LogP contribution in [0.15, 0.2) is 24.3 Å². The molecular formula is C18H26OS. The number of aliphatic hydroxyl groups is 1. The average Bonchev–Trinajstić information content (AvgIpc) is 2.37. The SMILES string of the molecule is CC(C)(C)c1ccc(C2(O)CC3CCCC(C2)S3)cc1. The van der Waals surface area contributed by atoms with Crippen LogP contribution in [0.2, 0.25) is 0 Å². The molecule has 0 spiro atoms. The molecule has 0 aliphatic carbocycles. The Kier molecular flexibility index (Phi) is 3.66. The molecule has 2 fully saturated rings. The minimum Gasteiger partial charge on any atom is -0.385 e. The third kappa shape index (κ3) is 2.78. The topological polar surface area (TPSA) is 20.2 Å². The van der Waals surface area contributed by atoms with E-state index in [1.807, 2.05) is 0 Å². The van der Waals surface area contributed by atoms with E-state index in [0.29, 0.717) is 10.5 Å². The fourth-order valence-corrected chi connectivity index (χ4v) is 5.53. The number of fused-ring (bicyclic) bond motifs is 2. The third-order valence-electron chi connectivity index (χ3n) is 4.86. The summed E-state index contributed by atoms with van der Waals surface area (Å²) in [5.74, 6) is 0. The van der Waals surface area contributed by atoms with Gasteiger partial charge in [0.25, 0.3) is 0 Å². The van der Waals surface area contributed by atoms with Crippen molar-refractivity contribution in [3.63, 3.8) is 0 Å². The van der Waals surface area contributed by atoms with Crippen molar-refractivity contribution in [1.82, 2.24) is 0 Å². The van der Waals surface area contributed by atoms with E-state index in [2.05, 4.69) is 56.8 Å². The first kappa shape index (κ1) is 14.5. The fraction of sp³-hybridized carbons (Fsp3) is 0.667. The summed E-state index contributed by atoms with van der Waals surface area (Å²) in [4.78, 5) is 0. The predicted molar refractivity (Wildman–Crippen MR) is 87.3 cm³/mol. The summed E-state index contributed by atoms with van der Waals surface area (Å²) in [6.45, 7) is 6.70. The summed E-state index contributed by atoms with van der Waals surface area (Å²) in [6, 6.07) is 8.72. The Morgan fingerprint density at radius 3 is 2.10 bits per heavy atom. The predicted octanol–water partition coefficient (Wildman–Crippen LogP) is 4.62. The van der Waals surface area contributed by atoms with E-state index in [1.54, 1.807) is 0 Å². The maximum absolute atomic E-state index is 11.1. The molecular weight excluding hydrogens is 264 g/mol. The smallest absolute Gasteiger partial charge is 0.0917 e. The summed E-state index contributed by atoms with van der Waals surface area (Å²) in [6.07, 6.45) is 5.78. The van der Waals surface area contributed by atoms with E-state index in [-0.39, 0.29) is 5.41 Å². The van der Waals surface area contributed by atoms with Crippen molar-refractivity contribution < 1.29 is 5.11 Å². The zero-order valence-corrected chi connectivity index (χ0v) is 13.7. The highest BCUT2D eigenvalue weighted by Gasteiger charge is 2.42. The zero-order valence-electron chi connectivity index (χ0n) is 12.9. The lowest BCUT2D eigenvalue weighted by Gasteiger charge is -2.44. The van der Waals surface area contributed by atoms with Crippen LogP contribution in [-0.4, -0.2) is 15.6 Å². The molecule has 0 radical (unpaired) electrons. The largest absolute Gasteiger partial charge is 0.385 e. The van der Waals surface area contributed by atoms with Crippen LogP contribution in [0.5, 0.6) is 0 Å². The van der Waals surface area contributed by atoms with Gasteiger partial charge in [-0.3, -0.25) is 0 Å². The third-order valence-corrected chi connectivity index (χ3v) is 6.43. The lowest BCUT2D eigenvalue weighted by molar-refractivity contribution is 0.00810. The van der Waals surface area contributed by atoms with Crippen LogP contribution in [0.4, 0.5) is 0 Å². The highest BCUT2D eigenvalue weighted by molar-refractivity contribution is 8.00. The Bertz CT molecular complexity index is 459. The van der Waals surface area contributed by atoms with Gasteiger partial charge in [-0.1, -0.05) is 51.5 Å². The van der Waals surface area contributed by atoms with Crippen LogP contribution in [0.25, 0.3) is 0 Å². The molecule has 2 unspecified atom stereocenters. The summed E-state index contributed by atoms with van der Waals surface area (Å²) in [5, 5.41) is 12.5. The van der Waals surface area contributed by atoms with Crippen LogP contribution in [0.3, 0.4) is 0 Å². The second kappa shape index (κ2) is 5.06. The number of hydrogen-bond acceptors (Lipinski definition) is 2. The Morgan fingerprint density at radius 1 is 1.05 bits per heavy atom. The van der Waals surface area contributed by atoms with Gasteiger partial charge in [-0.05, 0) is 42.2 Å². The van der Waals surface area contributed by atoms with Crippen LogP contribution >= 0.6 is 11.8 Å². The van der Waals surface area contributed by atoms with Gasteiger partial charge in [0.1, 0.15) is 0 Å². The van der Waals surface area contributed by atoms with Crippen molar-refractivity contribution >= 4 is 11.8 Å². The number of benzene rings is 1. The molecule has 1 aromatic rings. The molecule has 2 atom stereocenters. The molecule has 1 nitrogen and oxygen atoms in total. The highest BCUT2D eigenvalue weighted by atomic mass is 32.2. The minimum absolute atomic E-state index is 0.181. The van der Waals surface area contributed by atoms with E-state index >= 15 is 0 Å². The number of rotatable bonds is 1. The Labute approximate surface area is 127 Å². The maximum Gasteiger partial charge on any atom is 0.0917 e. The summed E-state index contributed by atoms with van der Waals surface area (Å²) in [7, 11) is 0. The Hall–Kier alpha value is -0.470. The molecule has 2 aliphatic rings. The van der Waals surface area contributed by atoms with E-state index < -0.39 is 5.60 Å². The Morgan fingerprint density at radius 2 is 1.60 bits per heavy atom. The van der Waals surface area contributed by atoms with Crippen LogP contribution < -0.4 is 0 Å². The molecule has 2 aliphatic heterocycles. The number of hydrogen-bond donors (Lipinski definition) is 1. The van der Waals surface area contributed by atoms with Crippen molar-refractivity contribution in [1.29, 1.82) is 0 Å². The van der Waals surface area contributed by atoms with Crippen LogP contribution in [0, 0.1) is 0 Å². The average molecular weight is 290 g/mol. The minimum atomic E-state index is -0.586. The first-order valence-electron chi connectivity index (χ1n) is 7.86. The van der Waals surface area contributed by atoms with Crippen molar-refractivity contribution in [3.05, 3.63) is 35.4 Å². The molecule has 2 bridgehead atoms. The highest BCUT2D eigenvalue weighted by Crippen LogP contribution is 2.49. The monoisotopic (exact) mass is 290 g/mol. The van der Waals surface area contributed by atoms with Gasteiger partial charge in [-0.15, -0.1) is 0 Å². The molecule has 0 amide bonds. The summed E-state index contributed by atoms with van der Waals surface area (Å²) < 4.78 is 0. The van der Waals surface area contributed by atoms with Gasteiger partial charge >= 0.3 is 0 Å². The van der Waals surface area contributed by atoms with Gasteiger partial charge in [0.15, 0.2) is 0 Å². The molecule has 1 aromatic carbocycles. The lowest BCUT2D eigenvalue weighted by atomic mass is 9.79. The van der Waals surface area contributed by atoms with Gasteiger partial charge < -0.3 is 5.11 Å². The van der Waals surface area contributed by atoms with E-state index in [1.165, 1.54) is 24.8 Å². The molecule has 1 N–H and O–H groups in total. The second-order valence-electron chi connectivity index (χ2n) is 7.58. The van der Waals surface area contributed by atoms with Crippen molar-refractivity contribution in [2.24, 2.45) is 0 Å². The van der Waals surface area contributed by atoms with Crippen LogP contribution in [0.1, 0.15) is 64.0 Å². The second-order valence-corrected chi connectivity index (χ2v) is 9.18. The van der Waals surface area contributed by atoms with Crippen molar-refractivity contribution in [2.45, 2.75) is 74.4 Å². The molecule has 0 aromatic heterocycles. The van der Waals surface area contributed by atoms with Gasteiger partial charge in [0.05, 0.1) is 5.60 Å². The Balaban J connectivity index is 1.84. The van der Waals surface area contributed by atoms with Gasteiger partial charge in [-0.2, -0.15) is 11.8 Å². The maximum atomic E-state index is 11.1. The summed E-state index contributed by atoms with van der Waals surface area (Å²) >= 11 is 2.12. The van der Waals surface area contributed by atoms with Gasteiger partial charge in [0.2, 0.25) is 0 Å². The van der Waals surface area contributed by atoms with Gasteiger partial charge in [-0.25, -0.2) is 0 Å². The molecule has 3 rings (SSSR count). The standard InChI is InChI=1S/C18H26OS/c1-17(2,3)13-7-9-14(10-8-13)18(19)11-15-5-4-6-16(12-18)20-15/h7-10,15-16,19H,4-6,11-12H2,1-3H3. The zero-order chi connectivity index (χ0) is 14.4. The van der Waals surface area contributed by atoms with Crippen molar-refractivity contribution in [3.8, 4) is 0 Å².